The van der Waals surface area contributed by atoms with Gasteiger partial charge in [0.15, 0.2) is 25.7 Å². The molecule has 0 bridgehead atoms. The lowest BCUT2D eigenvalue weighted by Crippen LogP contribution is -2.65. The first kappa shape index (κ1) is 23.3. The first-order chi connectivity index (χ1) is 14.6. The van der Waals surface area contributed by atoms with Crippen molar-refractivity contribution in [1.29, 1.82) is 5.26 Å². The van der Waals surface area contributed by atoms with Gasteiger partial charge < -0.3 is 9.16 Å². The molecule has 11 nitrogen and oxygen atoms in total. The lowest BCUT2D eigenvalue weighted by molar-refractivity contribution is -0.0479. The third kappa shape index (κ3) is 3.08. The number of aromatic nitrogens is 2. The molecule has 1 aromatic rings. The van der Waals surface area contributed by atoms with Crippen LogP contribution >= 0.6 is 0 Å². The second-order valence-electron chi connectivity index (χ2n) is 10.3. The van der Waals surface area contributed by atoms with Crippen molar-refractivity contribution < 1.29 is 21.8 Å². The minimum Gasteiger partial charge on any atom is -0.406 e. The molecule has 0 saturated carbocycles. The molecule has 1 aromatic heterocycles. The maximum Gasteiger partial charge on any atom is 0.330 e. The molecular weight excluding hydrogens is 456 g/mol. The van der Waals surface area contributed by atoms with Crippen LogP contribution in [0, 0.1) is 18.3 Å². The summed E-state index contributed by atoms with van der Waals surface area (Å²) < 4.78 is 45.0. The molecular formula is C19H28N4O7SSi. The number of hydrogen-bond acceptors (Lipinski definition) is 9. The molecule has 32 heavy (non-hydrogen) atoms. The van der Waals surface area contributed by atoms with Crippen molar-refractivity contribution in [3.63, 3.8) is 0 Å². The lowest BCUT2D eigenvalue weighted by Gasteiger charge is -2.44. The molecule has 176 valence electrons. The van der Waals surface area contributed by atoms with Crippen LogP contribution in [0.15, 0.2) is 15.8 Å². The molecule has 3 saturated heterocycles. The molecule has 4 heterocycles. The number of hydrogen-bond donors (Lipinski definition) is 2. The Morgan fingerprint density at radius 2 is 2.00 bits per heavy atom. The van der Waals surface area contributed by atoms with Gasteiger partial charge in [0.05, 0.1) is 6.07 Å². The minimum atomic E-state index is -4.07. The zero-order valence-corrected chi connectivity index (χ0v) is 20.7. The quantitative estimate of drug-likeness (QED) is 0.449. The summed E-state index contributed by atoms with van der Waals surface area (Å²) in [6.07, 6.45) is -1.70. The van der Waals surface area contributed by atoms with Crippen LogP contribution < -0.4 is 16.6 Å². The predicted molar refractivity (Wildman–Crippen MR) is 116 cm³/mol. The highest BCUT2D eigenvalue weighted by Crippen LogP contribution is 2.56. The summed E-state index contributed by atoms with van der Waals surface area (Å²) in [5.74, 6) is -0.556. The van der Waals surface area contributed by atoms with E-state index in [-0.39, 0.29) is 17.1 Å². The Morgan fingerprint density at radius 3 is 2.59 bits per heavy atom. The number of nitrogens with zero attached hydrogens (tertiary/aromatic N) is 2. The highest BCUT2D eigenvalue weighted by Gasteiger charge is 2.79. The van der Waals surface area contributed by atoms with E-state index in [0.29, 0.717) is 0 Å². The van der Waals surface area contributed by atoms with E-state index in [1.54, 1.807) is 6.92 Å². The van der Waals surface area contributed by atoms with Gasteiger partial charge in [0.1, 0.15) is 18.0 Å². The van der Waals surface area contributed by atoms with Gasteiger partial charge in [-0.25, -0.2) is 4.79 Å². The van der Waals surface area contributed by atoms with Crippen molar-refractivity contribution in [1.82, 2.24) is 14.9 Å². The highest BCUT2D eigenvalue weighted by molar-refractivity contribution is 7.87. The normalized spacial score (nSPS) is 36.0. The fourth-order valence-corrected chi connectivity index (χ4v) is 7.51. The van der Waals surface area contributed by atoms with Gasteiger partial charge >= 0.3 is 5.69 Å². The summed E-state index contributed by atoms with van der Waals surface area (Å²) in [7, 11) is -6.65. The van der Waals surface area contributed by atoms with Crippen LogP contribution in [0.25, 0.3) is 0 Å². The zero-order chi connectivity index (χ0) is 23.9. The molecule has 3 aliphatic rings. The fraction of sp³-hybridized carbons (Fsp3) is 0.737. The van der Waals surface area contributed by atoms with Gasteiger partial charge in [-0.1, -0.05) is 20.8 Å². The number of aryl methyl sites for hydroxylation is 1. The summed E-state index contributed by atoms with van der Waals surface area (Å²) in [6.45, 7) is 11.7. The van der Waals surface area contributed by atoms with E-state index in [1.807, 2.05) is 33.9 Å². The van der Waals surface area contributed by atoms with Crippen LogP contribution in [0.1, 0.15) is 32.6 Å². The van der Waals surface area contributed by atoms with Crippen molar-refractivity contribution in [2.75, 3.05) is 12.3 Å². The smallest absolute Gasteiger partial charge is 0.330 e. The maximum atomic E-state index is 12.7. The van der Waals surface area contributed by atoms with Crippen molar-refractivity contribution in [2.24, 2.45) is 0 Å². The molecule has 4 rings (SSSR count). The van der Waals surface area contributed by atoms with Crippen molar-refractivity contribution in [2.45, 2.75) is 75.4 Å². The Labute approximate surface area is 186 Å². The number of aromatic amines is 1. The first-order valence-electron chi connectivity index (χ1n) is 10.3. The molecule has 0 aliphatic carbocycles. The molecule has 2 N–H and O–H groups in total. The van der Waals surface area contributed by atoms with Gasteiger partial charge in [0.2, 0.25) is 0 Å². The Bertz CT molecular complexity index is 1230. The topological polar surface area (TPSA) is 153 Å². The van der Waals surface area contributed by atoms with Crippen molar-refractivity contribution in [3.8, 4) is 6.07 Å². The SMILES string of the molecule is Cc1cn([C@@H]2O[C@@H]3CN[C@@]4(C#N)CS(=O)(=O)O[C@@]34[C@H]2O[Si](C)(C)C(C)(C)C)c(=O)[nH]c1=O. The minimum absolute atomic E-state index is 0.147. The van der Waals surface area contributed by atoms with Crippen LogP contribution in [-0.4, -0.2) is 61.9 Å². The van der Waals surface area contributed by atoms with E-state index in [1.165, 1.54) is 10.8 Å². The van der Waals surface area contributed by atoms with E-state index in [0.717, 1.165) is 0 Å². The second kappa shape index (κ2) is 6.84. The first-order valence-corrected chi connectivity index (χ1v) is 14.8. The van der Waals surface area contributed by atoms with Gasteiger partial charge in [-0.05, 0) is 25.1 Å². The van der Waals surface area contributed by atoms with E-state index in [4.69, 9.17) is 13.3 Å². The van der Waals surface area contributed by atoms with Crippen LogP contribution in [0.3, 0.4) is 0 Å². The second-order valence-corrected chi connectivity index (χ2v) is 16.6. The molecule has 1 spiro atoms. The van der Waals surface area contributed by atoms with Crippen LogP contribution in [0.2, 0.25) is 18.1 Å². The predicted octanol–water partition coefficient (Wildman–Crippen LogP) is 0.0972. The van der Waals surface area contributed by atoms with E-state index >= 15 is 0 Å². The fourth-order valence-electron chi connectivity index (χ4n) is 4.48. The molecule has 13 heteroatoms. The van der Waals surface area contributed by atoms with Gasteiger partial charge in [-0.15, -0.1) is 0 Å². The maximum absolute atomic E-state index is 12.7. The summed E-state index contributed by atoms with van der Waals surface area (Å²) in [5.41, 5.74) is -4.25. The van der Waals surface area contributed by atoms with Crippen LogP contribution in [-0.2, 0) is 23.5 Å². The van der Waals surface area contributed by atoms with Gasteiger partial charge in [0, 0.05) is 18.3 Å². The van der Waals surface area contributed by atoms with Gasteiger partial charge in [-0.3, -0.25) is 23.8 Å². The molecule has 3 aliphatic heterocycles. The monoisotopic (exact) mass is 484 g/mol. The third-order valence-corrected chi connectivity index (χ3v) is 13.0. The number of nitrogens with one attached hydrogen (secondary N) is 2. The van der Waals surface area contributed by atoms with Crippen LogP contribution in [0.4, 0.5) is 0 Å². The Morgan fingerprint density at radius 1 is 1.34 bits per heavy atom. The highest BCUT2D eigenvalue weighted by atomic mass is 32.2. The summed E-state index contributed by atoms with van der Waals surface area (Å²) in [4.78, 5) is 26.9. The average molecular weight is 485 g/mol. The summed E-state index contributed by atoms with van der Waals surface area (Å²) >= 11 is 0. The molecule has 0 amide bonds. The van der Waals surface area contributed by atoms with Crippen LogP contribution in [0.5, 0.6) is 0 Å². The summed E-state index contributed by atoms with van der Waals surface area (Å²) in [6, 6.07) is 2.11. The van der Waals surface area contributed by atoms with E-state index < -0.39 is 65.0 Å². The Balaban J connectivity index is 1.94. The molecule has 0 unspecified atom stereocenters. The molecule has 0 radical (unpaired) electrons. The summed E-state index contributed by atoms with van der Waals surface area (Å²) in [5, 5.41) is 12.8. The van der Waals surface area contributed by atoms with E-state index in [2.05, 4.69) is 16.4 Å². The van der Waals surface area contributed by atoms with Crippen molar-refractivity contribution in [3.05, 3.63) is 32.6 Å². The zero-order valence-electron chi connectivity index (χ0n) is 18.9. The molecule has 5 atom stereocenters. The number of H-pyrrole nitrogens is 1. The number of rotatable bonds is 3. The standard InChI is InChI=1S/C19H28N4O7SSi/c1-11-8-23(16(25)22-14(11)24)15-13(29-32(5,6)17(2,3)4)19-12(28-15)7-21-18(19,9-20)10-31(26,27)30-19/h8,12-13,15,21H,7,10H2,1-6H3,(H,22,24,25)/t12-,13+,15-,18+,19-/m1/s1. The Hall–Kier alpha value is -1.82. The Kier molecular flexibility index (Phi) is 4.99. The number of ether oxygens (including phenoxy) is 1. The number of nitriles is 1. The van der Waals surface area contributed by atoms with Gasteiger partial charge in [0.25, 0.3) is 15.7 Å². The average Bonchev–Trinajstić information content (AvgIpc) is 3.18. The van der Waals surface area contributed by atoms with E-state index in [9.17, 15) is 23.3 Å². The largest absolute Gasteiger partial charge is 0.406 e. The third-order valence-electron chi connectivity index (χ3n) is 7.22. The van der Waals surface area contributed by atoms with Crippen molar-refractivity contribution >= 4 is 18.4 Å². The molecule has 3 fully saturated rings. The molecule has 0 aromatic carbocycles. The lowest BCUT2D eigenvalue weighted by atomic mass is 9.78. The van der Waals surface area contributed by atoms with Gasteiger partial charge in [-0.2, -0.15) is 13.7 Å².